The third kappa shape index (κ3) is 4.82. The first kappa shape index (κ1) is 14.7. The van der Waals surface area contributed by atoms with E-state index < -0.39 is 0 Å². The van der Waals surface area contributed by atoms with Gasteiger partial charge in [-0.3, -0.25) is 4.79 Å². The van der Waals surface area contributed by atoms with Crippen molar-refractivity contribution in [2.75, 3.05) is 19.7 Å². The summed E-state index contributed by atoms with van der Waals surface area (Å²) in [7, 11) is 0. The predicted octanol–water partition coefficient (Wildman–Crippen LogP) is 1.24. The first-order chi connectivity index (χ1) is 7.86. The number of carbonyl (C=O) groups excluding carboxylic acids is 1. The van der Waals surface area contributed by atoms with E-state index in [0.29, 0.717) is 6.54 Å². The van der Waals surface area contributed by atoms with Crippen LogP contribution in [0.2, 0.25) is 0 Å². The Kier molecular flexibility index (Phi) is 6.85. The lowest BCUT2D eigenvalue weighted by Gasteiger charge is -2.26. The van der Waals surface area contributed by atoms with Gasteiger partial charge in [-0.2, -0.15) is 0 Å². The highest BCUT2D eigenvalue weighted by molar-refractivity contribution is 5.85. The third-order valence-electron chi connectivity index (χ3n) is 3.40. The van der Waals surface area contributed by atoms with E-state index in [0.717, 1.165) is 38.8 Å². The first-order valence-corrected chi connectivity index (χ1v) is 6.49. The van der Waals surface area contributed by atoms with Crippen LogP contribution in [0.25, 0.3) is 0 Å². The van der Waals surface area contributed by atoms with E-state index in [-0.39, 0.29) is 30.5 Å². The third-order valence-corrected chi connectivity index (χ3v) is 3.40. The molecule has 2 N–H and O–H groups in total. The Morgan fingerprint density at radius 2 is 2.06 bits per heavy atom. The summed E-state index contributed by atoms with van der Waals surface area (Å²) in [4.78, 5) is 11.8. The van der Waals surface area contributed by atoms with E-state index >= 15 is 0 Å². The molecule has 0 aromatic rings. The fourth-order valence-corrected chi connectivity index (χ4v) is 2.38. The lowest BCUT2D eigenvalue weighted by atomic mass is 10.0. The van der Waals surface area contributed by atoms with Crippen molar-refractivity contribution >= 4 is 18.3 Å². The van der Waals surface area contributed by atoms with Gasteiger partial charge in [0.05, 0.1) is 12.1 Å². The van der Waals surface area contributed by atoms with Crippen LogP contribution in [0.4, 0.5) is 0 Å². The molecule has 0 aromatic carbocycles. The fraction of sp³-hybridized carbons (Fsp3) is 0.917. The van der Waals surface area contributed by atoms with Gasteiger partial charge in [-0.15, -0.1) is 12.4 Å². The van der Waals surface area contributed by atoms with E-state index in [1.54, 1.807) is 0 Å². The second-order valence-corrected chi connectivity index (χ2v) is 4.74. The second-order valence-electron chi connectivity index (χ2n) is 4.74. The maximum absolute atomic E-state index is 11.8. The molecule has 0 radical (unpaired) electrons. The molecule has 0 bridgehead atoms. The van der Waals surface area contributed by atoms with Crippen LogP contribution >= 0.6 is 12.4 Å². The van der Waals surface area contributed by atoms with Crippen molar-refractivity contribution in [2.24, 2.45) is 0 Å². The summed E-state index contributed by atoms with van der Waals surface area (Å²) in [5.74, 6) is 0.147. The molecule has 1 unspecified atom stereocenters. The van der Waals surface area contributed by atoms with E-state index in [9.17, 15) is 4.79 Å². The normalized spacial score (nSPS) is 29.2. The van der Waals surface area contributed by atoms with E-state index in [4.69, 9.17) is 4.74 Å². The van der Waals surface area contributed by atoms with Crippen molar-refractivity contribution in [3.63, 3.8) is 0 Å². The SMILES string of the molecule is Cl.O=C(NCC1CCCCO1)[C@@H]1CCCCN1. The molecule has 2 aliphatic rings. The summed E-state index contributed by atoms with van der Waals surface area (Å²) in [6.45, 7) is 2.50. The monoisotopic (exact) mass is 262 g/mol. The zero-order chi connectivity index (χ0) is 11.2. The standard InChI is InChI=1S/C12H22N2O2.ClH/c15-12(11-6-1-3-7-13-11)14-9-10-5-2-4-8-16-10;/h10-11,13H,1-9H2,(H,14,15);1H/t10?,11-;/m0./s1. The Morgan fingerprint density at radius 3 is 2.71 bits per heavy atom. The van der Waals surface area contributed by atoms with Crippen molar-refractivity contribution in [3.05, 3.63) is 0 Å². The van der Waals surface area contributed by atoms with Crippen LogP contribution in [0.3, 0.4) is 0 Å². The predicted molar refractivity (Wildman–Crippen MR) is 69.5 cm³/mol. The van der Waals surface area contributed by atoms with Crippen LogP contribution in [-0.2, 0) is 9.53 Å². The highest BCUT2D eigenvalue weighted by Gasteiger charge is 2.21. The molecular weight excluding hydrogens is 240 g/mol. The summed E-state index contributed by atoms with van der Waals surface area (Å²) in [6.07, 6.45) is 7.02. The first-order valence-electron chi connectivity index (χ1n) is 6.49. The minimum Gasteiger partial charge on any atom is -0.376 e. The van der Waals surface area contributed by atoms with E-state index in [1.807, 2.05) is 0 Å². The molecule has 0 spiro atoms. The van der Waals surface area contributed by atoms with Crippen LogP contribution < -0.4 is 10.6 Å². The summed E-state index contributed by atoms with van der Waals surface area (Å²) >= 11 is 0. The minimum atomic E-state index is 0. The van der Waals surface area contributed by atoms with Gasteiger partial charge in [0.2, 0.25) is 5.91 Å². The van der Waals surface area contributed by atoms with E-state index in [1.165, 1.54) is 12.8 Å². The quantitative estimate of drug-likeness (QED) is 0.805. The van der Waals surface area contributed by atoms with Gasteiger partial charge in [0.1, 0.15) is 0 Å². The number of nitrogens with one attached hydrogen (secondary N) is 2. The van der Waals surface area contributed by atoms with E-state index in [2.05, 4.69) is 10.6 Å². The molecular formula is C12H23ClN2O2. The van der Waals surface area contributed by atoms with Crippen molar-refractivity contribution < 1.29 is 9.53 Å². The number of ether oxygens (including phenoxy) is 1. The molecule has 2 aliphatic heterocycles. The number of piperidine rings is 1. The second kappa shape index (κ2) is 7.90. The van der Waals surface area contributed by atoms with Crippen molar-refractivity contribution in [1.29, 1.82) is 0 Å². The van der Waals surface area contributed by atoms with Crippen molar-refractivity contribution in [1.82, 2.24) is 10.6 Å². The average Bonchev–Trinajstić information content (AvgIpc) is 2.38. The Hall–Kier alpha value is -0.320. The van der Waals surface area contributed by atoms with Crippen LogP contribution in [0.5, 0.6) is 0 Å². The molecule has 0 aromatic heterocycles. The average molecular weight is 263 g/mol. The maximum Gasteiger partial charge on any atom is 0.237 e. The number of hydrogen-bond acceptors (Lipinski definition) is 3. The largest absolute Gasteiger partial charge is 0.376 e. The zero-order valence-corrected chi connectivity index (χ0v) is 11.1. The minimum absolute atomic E-state index is 0. The highest BCUT2D eigenvalue weighted by Crippen LogP contribution is 2.12. The molecule has 2 atom stereocenters. The lowest BCUT2D eigenvalue weighted by Crippen LogP contribution is -2.48. The Morgan fingerprint density at radius 1 is 1.24 bits per heavy atom. The van der Waals surface area contributed by atoms with Gasteiger partial charge in [-0.05, 0) is 38.6 Å². The molecule has 0 aliphatic carbocycles. The van der Waals surface area contributed by atoms with Crippen LogP contribution in [0.1, 0.15) is 38.5 Å². The summed E-state index contributed by atoms with van der Waals surface area (Å²) < 4.78 is 5.58. The Bertz CT molecular complexity index is 227. The van der Waals surface area contributed by atoms with Gasteiger partial charge in [0, 0.05) is 13.2 Å². The Balaban J connectivity index is 0.00000144. The fourth-order valence-electron chi connectivity index (χ4n) is 2.38. The van der Waals surface area contributed by atoms with Gasteiger partial charge >= 0.3 is 0 Å². The molecule has 2 saturated heterocycles. The zero-order valence-electron chi connectivity index (χ0n) is 10.2. The summed E-state index contributed by atoms with van der Waals surface area (Å²) in [6, 6.07) is 0.0253. The lowest BCUT2D eigenvalue weighted by molar-refractivity contribution is -0.124. The molecule has 2 heterocycles. The molecule has 5 heteroatoms. The van der Waals surface area contributed by atoms with Crippen molar-refractivity contribution in [2.45, 2.75) is 50.7 Å². The molecule has 0 saturated carbocycles. The number of amides is 1. The topological polar surface area (TPSA) is 50.4 Å². The molecule has 17 heavy (non-hydrogen) atoms. The number of rotatable bonds is 3. The summed E-state index contributed by atoms with van der Waals surface area (Å²) in [5, 5.41) is 6.25. The van der Waals surface area contributed by atoms with Crippen molar-refractivity contribution in [3.8, 4) is 0 Å². The number of hydrogen-bond donors (Lipinski definition) is 2. The highest BCUT2D eigenvalue weighted by atomic mass is 35.5. The van der Waals surface area contributed by atoms with Gasteiger partial charge < -0.3 is 15.4 Å². The Labute approximate surface area is 109 Å². The van der Waals surface area contributed by atoms with Crippen LogP contribution in [0.15, 0.2) is 0 Å². The van der Waals surface area contributed by atoms with Gasteiger partial charge in [0.25, 0.3) is 0 Å². The van der Waals surface area contributed by atoms with Gasteiger partial charge in [-0.1, -0.05) is 6.42 Å². The van der Waals surface area contributed by atoms with Crippen LogP contribution in [-0.4, -0.2) is 37.7 Å². The molecule has 100 valence electrons. The van der Waals surface area contributed by atoms with Gasteiger partial charge in [0.15, 0.2) is 0 Å². The number of carbonyl (C=O) groups is 1. The smallest absolute Gasteiger partial charge is 0.237 e. The molecule has 2 rings (SSSR count). The molecule has 4 nitrogen and oxygen atoms in total. The van der Waals surface area contributed by atoms with Crippen LogP contribution in [0, 0.1) is 0 Å². The van der Waals surface area contributed by atoms with Gasteiger partial charge in [-0.25, -0.2) is 0 Å². The number of halogens is 1. The summed E-state index contributed by atoms with van der Waals surface area (Å²) in [5.41, 5.74) is 0. The molecule has 2 fully saturated rings. The molecule has 1 amide bonds. The maximum atomic E-state index is 11.8.